The van der Waals surface area contributed by atoms with Crippen LogP contribution in [0.15, 0.2) is 24.3 Å². The summed E-state index contributed by atoms with van der Waals surface area (Å²) in [5.41, 5.74) is 0.911. The normalized spacial score (nSPS) is 13.7. The highest BCUT2D eigenvalue weighted by atomic mass is 32.2. The van der Waals surface area contributed by atoms with Crippen LogP contribution in [0.2, 0.25) is 0 Å². The van der Waals surface area contributed by atoms with Crippen molar-refractivity contribution < 1.29 is 9.29 Å². The molecule has 84 valence electrons. The topological polar surface area (TPSA) is 29.5 Å². The van der Waals surface area contributed by atoms with Crippen LogP contribution < -0.4 is 4.18 Å². The van der Waals surface area contributed by atoms with Crippen LogP contribution >= 0.6 is 0 Å². The minimum atomic E-state index is -0.109. The van der Waals surface area contributed by atoms with Gasteiger partial charge in [0.15, 0.2) is 21.7 Å². The Labute approximate surface area is 94.8 Å². The lowest BCUT2D eigenvalue weighted by Gasteiger charge is -2.15. The summed E-state index contributed by atoms with van der Waals surface area (Å²) >= 11 is -0.109. The average Bonchev–Trinajstić information content (AvgIpc) is 2.17. The lowest BCUT2D eigenvalue weighted by atomic mass is 10.2. The van der Waals surface area contributed by atoms with Crippen LogP contribution in [-0.4, -0.2) is 16.1 Å². The van der Waals surface area contributed by atoms with Gasteiger partial charge in [0, 0.05) is 0 Å². The second-order valence-electron chi connectivity index (χ2n) is 4.45. The van der Waals surface area contributed by atoms with Crippen LogP contribution in [0.25, 0.3) is 0 Å². The molecule has 0 saturated carbocycles. The van der Waals surface area contributed by atoms with Gasteiger partial charge in [-0.15, -0.1) is 0 Å². The second kappa shape index (κ2) is 4.90. The highest BCUT2D eigenvalue weighted by Crippen LogP contribution is 2.22. The molecule has 0 aliphatic heterocycles. The second-order valence-corrected chi connectivity index (χ2v) is 6.75. The predicted octanol–water partition coefficient (Wildman–Crippen LogP) is 2.52. The Bertz CT molecular complexity index is 300. The fraction of sp³-hybridized carbons (Fsp3) is 0.500. The first-order chi connectivity index (χ1) is 6.93. The van der Waals surface area contributed by atoms with E-state index < -0.39 is 0 Å². The van der Waals surface area contributed by atoms with Gasteiger partial charge in [-0.2, -0.15) is 0 Å². The summed E-state index contributed by atoms with van der Waals surface area (Å²) in [6.07, 6.45) is 2.10. The van der Waals surface area contributed by atoms with Crippen molar-refractivity contribution >= 4 is 11.2 Å². The molecule has 15 heavy (non-hydrogen) atoms. The smallest absolute Gasteiger partial charge is 0.199 e. The average molecular weight is 227 g/mol. The molecular formula is C12H19O2S+. The van der Waals surface area contributed by atoms with Gasteiger partial charge in [-0.05, 0) is 38.5 Å². The molecule has 0 radical (unpaired) electrons. The molecule has 1 atom stereocenters. The third-order valence-corrected chi connectivity index (χ3v) is 4.36. The number of aliphatic hydroxyl groups excluding tert-OH is 1. The van der Waals surface area contributed by atoms with E-state index in [2.05, 4.69) is 27.0 Å². The molecule has 0 spiro atoms. The monoisotopic (exact) mass is 227 g/mol. The maximum absolute atomic E-state index is 8.90. The van der Waals surface area contributed by atoms with E-state index in [0.29, 0.717) is 0 Å². The van der Waals surface area contributed by atoms with Crippen molar-refractivity contribution in [1.29, 1.82) is 0 Å². The maximum Gasteiger partial charge on any atom is 0.199 e. The number of aliphatic hydroxyl groups is 1. The van der Waals surface area contributed by atoms with Crippen LogP contribution in [-0.2, 0) is 17.8 Å². The van der Waals surface area contributed by atoms with E-state index in [9.17, 15) is 0 Å². The Morgan fingerprint density at radius 3 is 2.13 bits per heavy atom. The molecule has 0 aliphatic rings. The Hall–Kier alpha value is -0.670. The molecule has 3 heteroatoms. The first kappa shape index (κ1) is 12.4. The minimum absolute atomic E-state index is 0.0807. The lowest BCUT2D eigenvalue weighted by molar-refractivity contribution is 0.282. The highest BCUT2D eigenvalue weighted by Gasteiger charge is 2.33. The zero-order valence-corrected chi connectivity index (χ0v) is 10.6. The summed E-state index contributed by atoms with van der Waals surface area (Å²) in [7, 11) is 0. The van der Waals surface area contributed by atoms with Crippen molar-refractivity contribution in [3.63, 3.8) is 0 Å². The van der Waals surface area contributed by atoms with E-state index in [0.717, 1.165) is 11.3 Å². The minimum Gasteiger partial charge on any atom is -0.392 e. The van der Waals surface area contributed by atoms with Gasteiger partial charge >= 0.3 is 0 Å². The zero-order chi connectivity index (χ0) is 11.5. The Morgan fingerprint density at radius 1 is 1.20 bits per heavy atom. The molecule has 1 aromatic carbocycles. The van der Waals surface area contributed by atoms with E-state index in [1.54, 1.807) is 0 Å². The van der Waals surface area contributed by atoms with Crippen LogP contribution in [0.5, 0.6) is 5.75 Å². The third-order valence-electron chi connectivity index (χ3n) is 2.19. The Morgan fingerprint density at radius 2 is 1.73 bits per heavy atom. The van der Waals surface area contributed by atoms with E-state index in [1.165, 1.54) is 0 Å². The largest absolute Gasteiger partial charge is 0.392 e. The number of hydrogen-bond acceptors (Lipinski definition) is 2. The van der Waals surface area contributed by atoms with Gasteiger partial charge in [0.1, 0.15) is 6.26 Å². The van der Waals surface area contributed by atoms with Crippen molar-refractivity contribution in [2.75, 3.05) is 6.26 Å². The van der Waals surface area contributed by atoms with E-state index >= 15 is 0 Å². The molecular weight excluding hydrogens is 208 g/mol. The maximum atomic E-state index is 8.90. The van der Waals surface area contributed by atoms with Gasteiger partial charge in [-0.1, -0.05) is 12.1 Å². The van der Waals surface area contributed by atoms with Crippen LogP contribution in [0.4, 0.5) is 0 Å². The van der Waals surface area contributed by atoms with Crippen molar-refractivity contribution in [1.82, 2.24) is 0 Å². The van der Waals surface area contributed by atoms with Crippen LogP contribution in [0.1, 0.15) is 26.3 Å². The first-order valence-corrected chi connectivity index (χ1v) is 6.53. The number of rotatable bonds is 3. The van der Waals surface area contributed by atoms with Crippen LogP contribution in [0.3, 0.4) is 0 Å². The summed E-state index contributed by atoms with van der Waals surface area (Å²) in [5.74, 6) is 0.868. The molecule has 0 saturated heterocycles. The zero-order valence-electron chi connectivity index (χ0n) is 9.78. The number of benzene rings is 1. The molecule has 1 rings (SSSR count). The molecule has 0 heterocycles. The van der Waals surface area contributed by atoms with Gasteiger partial charge in [0.2, 0.25) is 0 Å². The molecule has 2 nitrogen and oxygen atoms in total. The predicted molar refractivity (Wildman–Crippen MR) is 66.0 cm³/mol. The van der Waals surface area contributed by atoms with Gasteiger partial charge in [0.25, 0.3) is 0 Å². The summed E-state index contributed by atoms with van der Waals surface area (Å²) in [4.78, 5) is 0. The van der Waals surface area contributed by atoms with Crippen molar-refractivity contribution in [2.45, 2.75) is 32.1 Å². The van der Waals surface area contributed by atoms with E-state index in [-0.39, 0.29) is 22.5 Å². The highest BCUT2D eigenvalue weighted by molar-refractivity contribution is 7.93. The SMILES string of the molecule is C[S+](Oc1ccc(CO)cc1)C(C)(C)C. The quantitative estimate of drug-likeness (QED) is 0.804. The first-order valence-electron chi connectivity index (χ1n) is 4.97. The molecule has 1 N–H and O–H groups in total. The number of hydrogen-bond donors (Lipinski definition) is 1. The third kappa shape index (κ3) is 3.76. The fourth-order valence-corrected chi connectivity index (χ4v) is 1.57. The lowest BCUT2D eigenvalue weighted by Crippen LogP contribution is -2.31. The molecule has 0 aromatic heterocycles. The summed E-state index contributed by atoms with van der Waals surface area (Å²) in [6.45, 7) is 6.58. The van der Waals surface area contributed by atoms with Gasteiger partial charge < -0.3 is 5.11 Å². The molecule has 0 fully saturated rings. The van der Waals surface area contributed by atoms with Crippen molar-refractivity contribution in [2.24, 2.45) is 0 Å². The van der Waals surface area contributed by atoms with Crippen molar-refractivity contribution in [3.05, 3.63) is 29.8 Å². The fourth-order valence-electron chi connectivity index (χ4n) is 0.920. The van der Waals surface area contributed by atoms with Gasteiger partial charge in [0.05, 0.1) is 6.61 Å². The van der Waals surface area contributed by atoms with Gasteiger partial charge in [-0.25, -0.2) is 0 Å². The van der Waals surface area contributed by atoms with Crippen LogP contribution in [0, 0.1) is 0 Å². The molecule has 0 aliphatic carbocycles. The summed E-state index contributed by atoms with van der Waals surface area (Å²) in [6, 6.07) is 7.58. The van der Waals surface area contributed by atoms with E-state index in [1.807, 2.05) is 24.3 Å². The molecule has 0 bridgehead atoms. The standard InChI is InChI=1S/C12H19O2S/c1-12(2,3)15(4)14-11-7-5-10(9-13)6-8-11/h5-8,13H,9H2,1-4H3/q+1. The Balaban J connectivity index is 2.65. The van der Waals surface area contributed by atoms with E-state index in [4.69, 9.17) is 9.29 Å². The molecule has 1 unspecified atom stereocenters. The molecule has 0 amide bonds. The Kier molecular flexibility index (Phi) is 4.05. The summed E-state index contributed by atoms with van der Waals surface area (Å²) < 4.78 is 5.99. The summed E-state index contributed by atoms with van der Waals surface area (Å²) in [5, 5.41) is 8.90. The van der Waals surface area contributed by atoms with Crippen molar-refractivity contribution in [3.8, 4) is 5.75 Å². The van der Waals surface area contributed by atoms with Gasteiger partial charge in [-0.3, -0.25) is 4.18 Å². The molecule has 1 aromatic rings.